The third kappa shape index (κ3) is 11.0. The standard InChI is InChI=1S/C12H22F3N3O3S.HI/c1-2-16-11(18-10-4-7-22(19,20)8-10)17-5-3-6-21-9-12(13,14)15;/h10H,2-9H2,1H3,(H2,16,17,18);1H. The highest BCUT2D eigenvalue weighted by molar-refractivity contribution is 14.0. The van der Waals surface area contributed by atoms with Crippen molar-refractivity contribution in [1.82, 2.24) is 10.6 Å². The molecular weight excluding hydrogens is 450 g/mol. The number of halogens is 4. The van der Waals surface area contributed by atoms with Gasteiger partial charge < -0.3 is 15.4 Å². The SMILES string of the molecule is CCNC(=NCCCOCC(F)(F)F)NC1CCS(=O)(=O)C1.I. The Bertz CT molecular complexity index is 472. The van der Waals surface area contributed by atoms with E-state index in [1.54, 1.807) is 0 Å². The van der Waals surface area contributed by atoms with Crippen LogP contribution in [-0.4, -0.2) is 64.4 Å². The highest BCUT2D eigenvalue weighted by Gasteiger charge is 2.28. The lowest BCUT2D eigenvalue weighted by Crippen LogP contribution is -2.44. The van der Waals surface area contributed by atoms with Crippen molar-refractivity contribution in [2.75, 3.05) is 37.8 Å². The van der Waals surface area contributed by atoms with Crippen LogP contribution >= 0.6 is 24.0 Å². The van der Waals surface area contributed by atoms with Gasteiger partial charge in [0.15, 0.2) is 15.8 Å². The third-order valence-electron chi connectivity index (χ3n) is 2.90. The van der Waals surface area contributed by atoms with Crippen LogP contribution in [0.2, 0.25) is 0 Å². The summed E-state index contributed by atoms with van der Waals surface area (Å²) in [5, 5.41) is 6.00. The molecule has 1 atom stereocenters. The second-order valence-corrected chi connectivity index (χ2v) is 7.25. The zero-order valence-electron chi connectivity index (χ0n) is 12.9. The van der Waals surface area contributed by atoms with E-state index in [0.29, 0.717) is 31.9 Å². The molecule has 0 aromatic rings. The predicted molar refractivity (Wildman–Crippen MR) is 93.1 cm³/mol. The van der Waals surface area contributed by atoms with Gasteiger partial charge in [-0.25, -0.2) is 8.42 Å². The van der Waals surface area contributed by atoms with Crippen LogP contribution in [0.25, 0.3) is 0 Å². The molecule has 0 aromatic carbocycles. The fraction of sp³-hybridized carbons (Fsp3) is 0.917. The molecule has 1 aliphatic rings. The minimum Gasteiger partial charge on any atom is -0.372 e. The molecule has 1 aliphatic heterocycles. The van der Waals surface area contributed by atoms with E-state index in [-0.39, 0.29) is 48.1 Å². The Hall–Kier alpha value is -0.300. The third-order valence-corrected chi connectivity index (χ3v) is 4.67. The first-order valence-corrected chi connectivity index (χ1v) is 8.94. The fourth-order valence-electron chi connectivity index (χ4n) is 1.97. The number of hydrogen-bond acceptors (Lipinski definition) is 4. The van der Waals surface area contributed by atoms with E-state index in [4.69, 9.17) is 0 Å². The minimum atomic E-state index is -4.31. The largest absolute Gasteiger partial charge is 0.411 e. The molecule has 0 aliphatic carbocycles. The van der Waals surface area contributed by atoms with Gasteiger partial charge in [0.2, 0.25) is 0 Å². The summed E-state index contributed by atoms with van der Waals surface area (Å²) in [6.07, 6.45) is -3.43. The van der Waals surface area contributed by atoms with Gasteiger partial charge in [-0.05, 0) is 19.8 Å². The summed E-state index contributed by atoms with van der Waals surface area (Å²) in [5.41, 5.74) is 0. The van der Waals surface area contributed by atoms with Crippen molar-refractivity contribution in [3.8, 4) is 0 Å². The average molecular weight is 473 g/mol. The van der Waals surface area contributed by atoms with Gasteiger partial charge in [0, 0.05) is 25.7 Å². The van der Waals surface area contributed by atoms with Crippen LogP contribution < -0.4 is 10.6 Å². The lowest BCUT2D eigenvalue weighted by atomic mass is 10.3. The maximum Gasteiger partial charge on any atom is 0.411 e. The molecule has 6 nitrogen and oxygen atoms in total. The number of nitrogens with one attached hydrogen (secondary N) is 2. The van der Waals surface area contributed by atoms with Crippen molar-refractivity contribution in [3.63, 3.8) is 0 Å². The van der Waals surface area contributed by atoms with E-state index in [0.717, 1.165) is 0 Å². The molecule has 0 radical (unpaired) electrons. The Morgan fingerprint density at radius 2 is 2.09 bits per heavy atom. The molecule has 0 aromatic heterocycles. The highest BCUT2D eigenvalue weighted by atomic mass is 127. The van der Waals surface area contributed by atoms with Crippen LogP contribution in [0.1, 0.15) is 19.8 Å². The second kappa shape index (κ2) is 10.5. The number of alkyl halides is 3. The van der Waals surface area contributed by atoms with E-state index in [2.05, 4.69) is 20.4 Å². The summed E-state index contributed by atoms with van der Waals surface area (Å²) in [6, 6.07) is -0.177. The number of ether oxygens (including phenoxy) is 1. The van der Waals surface area contributed by atoms with Crippen molar-refractivity contribution in [1.29, 1.82) is 0 Å². The van der Waals surface area contributed by atoms with Crippen molar-refractivity contribution >= 4 is 39.8 Å². The Morgan fingerprint density at radius 3 is 2.61 bits per heavy atom. The summed E-state index contributed by atoms with van der Waals surface area (Å²) < 4.78 is 62.8. The molecule has 0 bridgehead atoms. The lowest BCUT2D eigenvalue weighted by Gasteiger charge is -2.15. The Morgan fingerprint density at radius 1 is 1.39 bits per heavy atom. The van der Waals surface area contributed by atoms with Gasteiger partial charge in [-0.15, -0.1) is 24.0 Å². The van der Waals surface area contributed by atoms with E-state index < -0.39 is 22.6 Å². The number of rotatable bonds is 7. The molecule has 0 amide bonds. The maximum absolute atomic E-state index is 11.9. The molecule has 0 saturated carbocycles. The quantitative estimate of drug-likeness (QED) is 0.253. The van der Waals surface area contributed by atoms with Crippen LogP contribution in [0.15, 0.2) is 4.99 Å². The summed E-state index contributed by atoms with van der Waals surface area (Å²) in [4.78, 5) is 4.20. The van der Waals surface area contributed by atoms with E-state index in [1.165, 1.54) is 0 Å². The van der Waals surface area contributed by atoms with E-state index in [9.17, 15) is 21.6 Å². The van der Waals surface area contributed by atoms with Crippen molar-refractivity contribution in [2.45, 2.75) is 32.0 Å². The summed E-state index contributed by atoms with van der Waals surface area (Å²) in [7, 11) is -2.97. The number of nitrogens with zero attached hydrogens (tertiary/aromatic N) is 1. The Labute approximate surface area is 151 Å². The molecule has 0 spiro atoms. The number of aliphatic imine (C=N–C) groups is 1. The summed E-state index contributed by atoms with van der Waals surface area (Å²) in [6.45, 7) is 1.49. The smallest absolute Gasteiger partial charge is 0.372 e. The van der Waals surface area contributed by atoms with Gasteiger partial charge in [0.05, 0.1) is 11.5 Å². The molecule has 2 N–H and O–H groups in total. The zero-order chi connectivity index (χ0) is 16.6. The molecular formula is C12H23F3IN3O3S. The molecule has 1 unspecified atom stereocenters. The lowest BCUT2D eigenvalue weighted by molar-refractivity contribution is -0.173. The van der Waals surface area contributed by atoms with Crippen molar-refractivity contribution in [3.05, 3.63) is 0 Å². The first-order valence-electron chi connectivity index (χ1n) is 7.11. The molecule has 11 heteroatoms. The van der Waals surface area contributed by atoms with Crippen LogP contribution in [-0.2, 0) is 14.6 Å². The fourth-order valence-corrected chi connectivity index (χ4v) is 3.64. The van der Waals surface area contributed by atoms with Gasteiger partial charge in [-0.1, -0.05) is 0 Å². The van der Waals surface area contributed by atoms with Crippen LogP contribution in [0, 0.1) is 0 Å². The molecule has 1 heterocycles. The Balaban J connectivity index is 0.00000484. The molecule has 138 valence electrons. The highest BCUT2D eigenvalue weighted by Crippen LogP contribution is 2.14. The number of sulfone groups is 1. The van der Waals surface area contributed by atoms with E-state index in [1.807, 2.05) is 6.92 Å². The minimum absolute atomic E-state index is 0. The van der Waals surface area contributed by atoms with Gasteiger partial charge >= 0.3 is 6.18 Å². The van der Waals surface area contributed by atoms with Crippen LogP contribution in [0.3, 0.4) is 0 Å². The van der Waals surface area contributed by atoms with Crippen molar-refractivity contribution < 1.29 is 26.3 Å². The van der Waals surface area contributed by atoms with E-state index >= 15 is 0 Å². The maximum atomic E-state index is 11.9. The van der Waals surface area contributed by atoms with Gasteiger partial charge in [-0.3, -0.25) is 4.99 Å². The molecule has 1 saturated heterocycles. The van der Waals surface area contributed by atoms with Crippen LogP contribution in [0.5, 0.6) is 0 Å². The van der Waals surface area contributed by atoms with Gasteiger partial charge in [-0.2, -0.15) is 13.2 Å². The molecule has 1 fully saturated rings. The Kier molecular flexibility index (Phi) is 10.4. The topological polar surface area (TPSA) is 79.8 Å². The average Bonchev–Trinajstić information content (AvgIpc) is 2.72. The first kappa shape index (κ1) is 22.7. The zero-order valence-corrected chi connectivity index (χ0v) is 16.0. The predicted octanol–water partition coefficient (Wildman–Crippen LogP) is 1.32. The van der Waals surface area contributed by atoms with Crippen molar-refractivity contribution in [2.24, 2.45) is 4.99 Å². The molecule has 1 rings (SSSR count). The van der Waals surface area contributed by atoms with Gasteiger partial charge in [0.1, 0.15) is 6.61 Å². The second-order valence-electron chi connectivity index (χ2n) is 5.03. The summed E-state index contributed by atoms with van der Waals surface area (Å²) >= 11 is 0. The first-order chi connectivity index (χ1) is 10.2. The number of hydrogen-bond donors (Lipinski definition) is 2. The van der Waals surface area contributed by atoms with Gasteiger partial charge in [0.25, 0.3) is 0 Å². The number of guanidine groups is 1. The summed E-state index contributed by atoms with van der Waals surface area (Å²) in [5.74, 6) is 0.710. The monoisotopic (exact) mass is 473 g/mol. The molecule has 23 heavy (non-hydrogen) atoms. The van der Waals surface area contributed by atoms with Crippen LogP contribution in [0.4, 0.5) is 13.2 Å². The normalized spacial score (nSPS) is 20.9.